The third-order valence-electron chi connectivity index (χ3n) is 4.72. The van der Waals surface area contributed by atoms with E-state index in [9.17, 15) is 18.0 Å². The molecule has 1 amide bonds. The van der Waals surface area contributed by atoms with Crippen molar-refractivity contribution in [3.8, 4) is 0 Å². The number of amides is 1. The highest BCUT2D eigenvalue weighted by atomic mass is 127. The molecule has 0 aromatic carbocycles. The van der Waals surface area contributed by atoms with Gasteiger partial charge in [-0.2, -0.15) is 13.2 Å². The third-order valence-corrected chi connectivity index (χ3v) is 4.72. The molecule has 7 nitrogen and oxygen atoms in total. The number of rotatable bonds is 7. The summed E-state index contributed by atoms with van der Waals surface area (Å²) in [7, 11) is 1.67. The van der Waals surface area contributed by atoms with Crippen LogP contribution in [0.15, 0.2) is 4.99 Å². The molecular weight excluding hydrogens is 526 g/mol. The van der Waals surface area contributed by atoms with Gasteiger partial charge in [-0.05, 0) is 72.9 Å². The molecule has 0 unspecified atom stereocenters. The fraction of sp³-hybridized carbons (Fsp3) is 0.900. The van der Waals surface area contributed by atoms with Crippen molar-refractivity contribution in [2.75, 3.05) is 39.8 Å². The number of guanidine groups is 1. The second kappa shape index (κ2) is 12.9. The molecule has 11 heteroatoms. The van der Waals surface area contributed by atoms with Gasteiger partial charge in [-0.1, -0.05) is 0 Å². The minimum Gasteiger partial charge on any atom is -0.444 e. The number of carbonyl (C=O) groups is 1. The van der Waals surface area contributed by atoms with E-state index in [0.717, 1.165) is 19.3 Å². The summed E-state index contributed by atoms with van der Waals surface area (Å²) in [4.78, 5) is 17.6. The summed E-state index contributed by atoms with van der Waals surface area (Å²) in [5, 5.41) is 9.24. The summed E-state index contributed by atoms with van der Waals surface area (Å²) in [6.07, 6.45) is -2.18. The number of ether oxygens (including phenoxy) is 1. The fourth-order valence-corrected chi connectivity index (χ4v) is 3.23. The Morgan fingerprint density at radius 3 is 2.16 bits per heavy atom. The summed E-state index contributed by atoms with van der Waals surface area (Å²) in [5.41, 5.74) is -1.11. The predicted molar refractivity (Wildman–Crippen MR) is 128 cm³/mol. The van der Waals surface area contributed by atoms with Crippen molar-refractivity contribution in [3.05, 3.63) is 0 Å². The lowest BCUT2D eigenvalue weighted by molar-refractivity contribution is -0.148. The molecule has 31 heavy (non-hydrogen) atoms. The molecule has 0 atom stereocenters. The molecule has 1 rings (SSSR count). The van der Waals surface area contributed by atoms with Gasteiger partial charge in [0.05, 0.1) is 12.1 Å². The summed E-state index contributed by atoms with van der Waals surface area (Å²) < 4.78 is 42.7. The lowest BCUT2D eigenvalue weighted by Gasteiger charge is -2.32. The Bertz CT molecular complexity index is 572. The van der Waals surface area contributed by atoms with E-state index in [4.69, 9.17) is 4.74 Å². The highest BCUT2D eigenvalue weighted by molar-refractivity contribution is 14.0. The Kier molecular flexibility index (Phi) is 12.5. The van der Waals surface area contributed by atoms with E-state index < -0.39 is 30.0 Å². The molecule has 0 radical (unpaired) electrons. The largest absolute Gasteiger partial charge is 0.444 e. The number of alkyl carbamates (subject to hydrolysis) is 1. The Morgan fingerprint density at radius 1 is 1.10 bits per heavy atom. The maximum atomic E-state index is 12.5. The molecule has 184 valence electrons. The summed E-state index contributed by atoms with van der Waals surface area (Å²) in [5.74, 6) is 1.02. The van der Waals surface area contributed by atoms with E-state index in [1.165, 1.54) is 4.90 Å². The van der Waals surface area contributed by atoms with Gasteiger partial charge < -0.3 is 20.7 Å². The van der Waals surface area contributed by atoms with E-state index in [2.05, 4.69) is 20.9 Å². The number of nitrogens with one attached hydrogen (secondary N) is 3. The van der Waals surface area contributed by atoms with Crippen molar-refractivity contribution < 1.29 is 22.7 Å². The standard InChI is InChI=1S/C20H38F3N5O2.HI/c1-18(2,3)30-17(29)27-19(4,5)13-26-16(24-6)25-10-7-15-8-11-28(12-9-15)14-20(21,22)23;/h15H,7-14H2,1-6H3,(H,27,29)(H2,24,25,26);1H. The molecule has 0 aliphatic carbocycles. The van der Waals surface area contributed by atoms with E-state index in [0.29, 0.717) is 38.1 Å². The quantitative estimate of drug-likeness (QED) is 0.249. The second-order valence-corrected chi connectivity index (χ2v) is 9.49. The van der Waals surface area contributed by atoms with Crippen LogP contribution in [0.25, 0.3) is 0 Å². The molecule has 1 fully saturated rings. The number of piperidine rings is 1. The first-order valence-corrected chi connectivity index (χ1v) is 10.4. The van der Waals surface area contributed by atoms with Gasteiger partial charge in [0.2, 0.25) is 0 Å². The van der Waals surface area contributed by atoms with Crippen LogP contribution >= 0.6 is 24.0 Å². The average Bonchev–Trinajstić information content (AvgIpc) is 2.55. The van der Waals surface area contributed by atoms with Crippen LogP contribution in [-0.2, 0) is 4.74 Å². The normalized spacial score (nSPS) is 17.0. The van der Waals surface area contributed by atoms with Crippen LogP contribution in [0.2, 0.25) is 0 Å². The van der Waals surface area contributed by atoms with Gasteiger partial charge in [-0.25, -0.2) is 4.79 Å². The van der Waals surface area contributed by atoms with Gasteiger partial charge in [0, 0.05) is 20.1 Å². The monoisotopic (exact) mass is 565 g/mol. The maximum absolute atomic E-state index is 12.5. The first-order valence-electron chi connectivity index (χ1n) is 10.4. The van der Waals surface area contributed by atoms with Crippen molar-refractivity contribution in [3.63, 3.8) is 0 Å². The fourth-order valence-electron chi connectivity index (χ4n) is 3.23. The maximum Gasteiger partial charge on any atom is 0.408 e. The minimum atomic E-state index is -4.13. The van der Waals surface area contributed by atoms with Crippen LogP contribution in [0, 0.1) is 5.92 Å². The number of nitrogens with zero attached hydrogens (tertiary/aromatic N) is 2. The number of hydrogen-bond acceptors (Lipinski definition) is 4. The van der Waals surface area contributed by atoms with Crippen LogP contribution in [0.4, 0.5) is 18.0 Å². The molecule has 0 spiro atoms. The highest BCUT2D eigenvalue weighted by Gasteiger charge is 2.32. The third kappa shape index (κ3) is 14.7. The van der Waals surface area contributed by atoms with E-state index in [1.54, 1.807) is 7.05 Å². The molecule has 0 aromatic heterocycles. The molecule has 1 saturated heterocycles. The summed E-state index contributed by atoms with van der Waals surface area (Å²) >= 11 is 0. The van der Waals surface area contributed by atoms with Gasteiger partial charge in [-0.3, -0.25) is 9.89 Å². The molecule has 0 bridgehead atoms. The minimum absolute atomic E-state index is 0. The molecule has 0 saturated carbocycles. The van der Waals surface area contributed by atoms with Crippen LogP contribution in [0.3, 0.4) is 0 Å². The van der Waals surface area contributed by atoms with Crippen molar-refractivity contribution in [1.82, 2.24) is 20.9 Å². The van der Waals surface area contributed by atoms with Crippen molar-refractivity contribution >= 4 is 36.0 Å². The van der Waals surface area contributed by atoms with Gasteiger partial charge in [0.25, 0.3) is 0 Å². The van der Waals surface area contributed by atoms with Crippen LogP contribution in [0.1, 0.15) is 53.9 Å². The van der Waals surface area contributed by atoms with Crippen molar-refractivity contribution in [1.29, 1.82) is 0 Å². The first kappa shape index (κ1) is 30.0. The van der Waals surface area contributed by atoms with E-state index in [1.807, 2.05) is 34.6 Å². The Labute approximate surface area is 201 Å². The van der Waals surface area contributed by atoms with Crippen molar-refractivity contribution in [2.45, 2.75) is 71.2 Å². The lowest BCUT2D eigenvalue weighted by atomic mass is 9.93. The summed E-state index contributed by atoms with van der Waals surface area (Å²) in [6.45, 7) is 10.5. The molecule has 1 aliphatic heterocycles. The average molecular weight is 565 g/mol. The summed E-state index contributed by atoms with van der Waals surface area (Å²) in [6, 6.07) is 0. The number of aliphatic imine (C=N–C) groups is 1. The number of carbonyl (C=O) groups excluding carboxylic acids is 1. The zero-order valence-corrected chi connectivity index (χ0v) is 21.8. The Morgan fingerprint density at radius 2 is 1.68 bits per heavy atom. The number of alkyl halides is 3. The molecule has 1 heterocycles. The Balaban J connectivity index is 0.00000900. The molecular formula is C20H39F3IN5O2. The second-order valence-electron chi connectivity index (χ2n) is 9.49. The number of hydrogen-bond donors (Lipinski definition) is 3. The van der Waals surface area contributed by atoms with Crippen LogP contribution in [0.5, 0.6) is 0 Å². The molecule has 3 N–H and O–H groups in total. The van der Waals surface area contributed by atoms with Gasteiger partial charge in [0.15, 0.2) is 5.96 Å². The highest BCUT2D eigenvalue weighted by Crippen LogP contribution is 2.23. The zero-order chi connectivity index (χ0) is 23.0. The predicted octanol–water partition coefficient (Wildman–Crippen LogP) is 3.74. The lowest BCUT2D eigenvalue weighted by Crippen LogP contribution is -2.54. The van der Waals surface area contributed by atoms with Gasteiger partial charge in [0.1, 0.15) is 5.60 Å². The van der Waals surface area contributed by atoms with Crippen molar-refractivity contribution in [2.24, 2.45) is 10.9 Å². The van der Waals surface area contributed by atoms with E-state index in [-0.39, 0.29) is 24.0 Å². The SMILES string of the molecule is CN=C(NCCC1CCN(CC(F)(F)F)CC1)NCC(C)(C)NC(=O)OC(C)(C)C.I. The number of likely N-dealkylation sites (tertiary alicyclic amines) is 1. The van der Waals surface area contributed by atoms with Gasteiger partial charge in [-0.15, -0.1) is 24.0 Å². The smallest absolute Gasteiger partial charge is 0.408 e. The van der Waals surface area contributed by atoms with Crippen LogP contribution < -0.4 is 16.0 Å². The number of halogens is 4. The molecule has 1 aliphatic rings. The van der Waals surface area contributed by atoms with Gasteiger partial charge >= 0.3 is 12.3 Å². The Hall–Kier alpha value is -0.980. The van der Waals surface area contributed by atoms with Crippen LogP contribution in [-0.4, -0.2) is 74.0 Å². The topological polar surface area (TPSA) is 78.0 Å². The molecule has 0 aromatic rings. The van der Waals surface area contributed by atoms with E-state index >= 15 is 0 Å². The first-order chi connectivity index (χ1) is 13.7. The zero-order valence-electron chi connectivity index (χ0n) is 19.5.